The Kier molecular flexibility index (Phi) is 6.30. The molecule has 3 N–H and O–H groups in total. The summed E-state index contributed by atoms with van der Waals surface area (Å²) in [5.74, 6) is 0.997. The molecule has 17 heavy (non-hydrogen) atoms. The van der Waals surface area contributed by atoms with Crippen LogP contribution in [0.2, 0.25) is 0 Å². The molecule has 1 aliphatic carbocycles. The Bertz CT molecular complexity index is 246. The first-order valence-corrected chi connectivity index (χ1v) is 7.50. The second-order valence-corrected chi connectivity index (χ2v) is 5.71. The van der Waals surface area contributed by atoms with Gasteiger partial charge < -0.3 is 15.5 Å². The molecule has 1 aliphatic rings. The third kappa shape index (κ3) is 4.16. The molecule has 1 unspecified atom stereocenters. The summed E-state index contributed by atoms with van der Waals surface area (Å²) in [7, 11) is 0. The molecule has 0 aliphatic heterocycles. The Morgan fingerprint density at radius 1 is 1.53 bits per heavy atom. The predicted molar refractivity (Wildman–Crippen MR) is 70.4 cm³/mol. The van der Waals surface area contributed by atoms with E-state index in [-0.39, 0.29) is 12.5 Å². The molecule has 0 bridgehead atoms. The number of hydrogen-bond acceptors (Lipinski definition) is 4. The van der Waals surface area contributed by atoms with E-state index in [1.54, 1.807) is 11.8 Å². The van der Waals surface area contributed by atoms with Crippen molar-refractivity contribution in [2.24, 2.45) is 5.92 Å². The highest BCUT2D eigenvalue weighted by atomic mass is 32.2. The van der Waals surface area contributed by atoms with Gasteiger partial charge in [0, 0.05) is 12.4 Å². The number of aliphatic hydroxyl groups excluding tert-OH is 1. The van der Waals surface area contributed by atoms with E-state index in [1.807, 2.05) is 6.92 Å². The van der Waals surface area contributed by atoms with Crippen LogP contribution in [0, 0.1) is 5.92 Å². The molecule has 1 atom stereocenters. The maximum absolute atomic E-state index is 11.5. The van der Waals surface area contributed by atoms with Crippen molar-refractivity contribution in [2.45, 2.75) is 38.1 Å². The average molecular weight is 261 g/mol. The molecule has 0 heterocycles. The van der Waals surface area contributed by atoms with Crippen molar-refractivity contribution in [3.8, 4) is 0 Å². The van der Waals surface area contributed by atoms with Crippen LogP contribution < -0.4 is 5.32 Å². The van der Waals surface area contributed by atoms with Crippen molar-refractivity contribution >= 4 is 17.7 Å². The lowest BCUT2D eigenvalue weighted by Gasteiger charge is -2.30. The third-order valence-corrected chi connectivity index (χ3v) is 4.36. The zero-order valence-corrected chi connectivity index (χ0v) is 11.3. The fourth-order valence-electron chi connectivity index (χ4n) is 1.95. The molecule has 0 spiro atoms. The van der Waals surface area contributed by atoms with Gasteiger partial charge in [0.25, 0.3) is 0 Å². The minimum absolute atomic E-state index is 0.179. The summed E-state index contributed by atoms with van der Waals surface area (Å²) >= 11 is 1.63. The molecule has 0 amide bonds. The van der Waals surface area contributed by atoms with Crippen LogP contribution in [0.5, 0.6) is 0 Å². The van der Waals surface area contributed by atoms with Crippen molar-refractivity contribution in [1.82, 2.24) is 5.32 Å². The minimum atomic E-state index is -0.740. The maximum atomic E-state index is 11.5. The first-order chi connectivity index (χ1) is 8.17. The Hall–Kier alpha value is -0.260. The van der Waals surface area contributed by atoms with Gasteiger partial charge in [0.2, 0.25) is 0 Å². The van der Waals surface area contributed by atoms with Crippen LogP contribution >= 0.6 is 11.8 Å². The topological polar surface area (TPSA) is 69.6 Å². The second-order valence-electron chi connectivity index (χ2n) is 4.61. The molecule has 1 saturated carbocycles. The van der Waals surface area contributed by atoms with Crippen LogP contribution in [-0.2, 0) is 4.79 Å². The number of rotatable bonds is 10. The van der Waals surface area contributed by atoms with E-state index in [4.69, 9.17) is 5.11 Å². The molecule has 100 valence electrons. The van der Waals surface area contributed by atoms with Crippen LogP contribution in [0.1, 0.15) is 32.6 Å². The van der Waals surface area contributed by atoms with Crippen LogP contribution in [0.4, 0.5) is 0 Å². The van der Waals surface area contributed by atoms with Gasteiger partial charge in [0.05, 0.1) is 0 Å². The van der Waals surface area contributed by atoms with Crippen LogP contribution in [0.15, 0.2) is 0 Å². The SMILES string of the molecule is CCCNC(CSCCCO)(C(=O)O)C1CC1. The van der Waals surface area contributed by atoms with Crippen LogP contribution in [0.3, 0.4) is 0 Å². The Balaban J connectivity index is 2.52. The molecule has 0 saturated heterocycles. The molecule has 0 aromatic heterocycles. The number of hydrogen-bond donors (Lipinski definition) is 3. The van der Waals surface area contributed by atoms with Gasteiger partial charge in [-0.1, -0.05) is 6.92 Å². The normalized spacial score (nSPS) is 18.9. The summed E-state index contributed by atoms with van der Waals surface area (Å²) < 4.78 is 0. The Morgan fingerprint density at radius 3 is 2.71 bits per heavy atom. The summed E-state index contributed by atoms with van der Waals surface area (Å²) in [4.78, 5) is 11.5. The third-order valence-electron chi connectivity index (χ3n) is 3.12. The molecule has 0 aromatic carbocycles. The summed E-state index contributed by atoms with van der Waals surface area (Å²) in [5.41, 5.74) is -0.740. The van der Waals surface area contributed by atoms with Crippen molar-refractivity contribution in [2.75, 3.05) is 24.7 Å². The van der Waals surface area contributed by atoms with Crippen LogP contribution in [-0.4, -0.2) is 46.4 Å². The van der Waals surface area contributed by atoms with Gasteiger partial charge in [-0.05, 0) is 43.9 Å². The first kappa shape index (κ1) is 14.8. The monoisotopic (exact) mass is 261 g/mol. The number of thioether (sulfide) groups is 1. The summed E-state index contributed by atoms with van der Waals surface area (Å²) in [6, 6.07) is 0. The first-order valence-electron chi connectivity index (χ1n) is 6.34. The average Bonchev–Trinajstić information content (AvgIpc) is 3.12. The van der Waals surface area contributed by atoms with Gasteiger partial charge in [0.15, 0.2) is 0 Å². The van der Waals surface area contributed by atoms with Gasteiger partial charge in [-0.15, -0.1) is 0 Å². The summed E-state index contributed by atoms with van der Waals surface area (Å²) in [5, 5.41) is 21.5. The number of aliphatic hydroxyl groups is 1. The van der Waals surface area contributed by atoms with Crippen molar-refractivity contribution in [3.05, 3.63) is 0 Å². The smallest absolute Gasteiger partial charge is 0.325 e. The number of carbonyl (C=O) groups is 1. The number of nitrogens with one attached hydrogen (secondary N) is 1. The van der Waals surface area contributed by atoms with Crippen molar-refractivity contribution in [3.63, 3.8) is 0 Å². The van der Waals surface area contributed by atoms with E-state index in [1.165, 1.54) is 0 Å². The molecule has 4 nitrogen and oxygen atoms in total. The van der Waals surface area contributed by atoms with Crippen molar-refractivity contribution < 1.29 is 15.0 Å². The van der Waals surface area contributed by atoms with E-state index < -0.39 is 11.5 Å². The molecule has 0 radical (unpaired) electrons. The van der Waals surface area contributed by atoms with Crippen molar-refractivity contribution in [1.29, 1.82) is 0 Å². The zero-order valence-electron chi connectivity index (χ0n) is 10.4. The van der Waals surface area contributed by atoms with E-state index in [0.29, 0.717) is 5.75 Å². The Morgan fingerprint density at radius 2 is 2.24 bits per heavy atom. The zero-order chi connectivity index (χ0) is 12.7. The highest BCUT2D eigenvalue weighted by molar-refractivity contribution is 7.99. The largest absolute Gasteiger partial charge is 0.480 e. The number of carboxylic acid groups (broad SMARTS) is 1. The molecule has 5 heteroatoms. The van der Waals surface area contributed by atoms with Gasteiger partial charge in [-0.3, -0.25) is 4.79 Å². The van der Waals surface area contributed by atoms with Crippen LogP contribution in [0.25, 0.3) is 0 Å². The number of aliphatic carboxylic acids is 1. The molecule has 1 fully saturated rings. The molecular weight excluding hydrogens is 238 g/mol. The predicted octanol–water partition coefficient (Wildman–Crippen LogP) is 1.33. The van der Waals surface area contributed by atoms with E-state index >= 15 is 0 Å². The lowest BCUT2D eigenvalue weighted by Crippen LogP contribution is -2.56. The van der Waals surface area contributed by atoms with Gasteiger partial charge in [-0.25, -0.2) is 0 Å². The highest BCUT2D eigenvalue weighted by Gasteiger charge is 2.50. The van der Waals surface area contributed by atoms with Gasteiger partial charge in [-0.2, -0.15) is 11.8 Å². The molecular formula is C12H23NO3S. The van der Waals surface area contributed by atoms with E-state index in [2.05, 4.69) is 5.32 Å². The van der Waals surface area contributed by atoms with E-state index in [0.717, 1.165) is 38.0 Å². The highest BCUT2D eigenvalue weighted by Crippen LogP contribution is 2.41. The Labute approximate surface area is 107 Å². The molecule has 0 aromatic rings. The second kappa shape index (κ2) is 7.24. The van der Waals surface area contributed by atoms with E-state index in [9.17, 15) is 9.90 Å². The molecule has 1 rings (SSSR count). The maximum Gasteiger partial charge on any atom is 0.325 e. The van der Waals surface area contributed by atoms with Gasteiger partial charge >= 0.3 is 5.97 Å². The lowest BCUT2D eigenvalue weighted by molar-refractivity contribution is -0.144. The number of carboxylic acids is 1. The summed E-state index contributed by atoms with van der Waals surface area (Å²) in [6.45, 7) is 2.98. The summed E-state index contributed by atoms with van der Waals surface area (Å²) in [6.07, 6.45) is 3.72. The quantitative estimate of drug-likeness (QED) is 0.518. The van der Waals surface area contributed by atoms with Gasteiger partial charge in [0.1, 0.15) is 5.54 Å². The standard InChI is InChI=1S/C12H23NO3S/c1-2-6-13-12(11(15)16,10-4-5-10)9-17-8-3-7-14/h10,13-14H,2-9H2,1H3,(H,15,16). The minimum Gasteiger partial charge on any atom is -0.480 e. The fraction of sp³-hybridized carbons (Fsp3) is 0.917. The lowest BCUT2D eigenvalue weighted by atomic mass is 9.95. The fourth-order valence-corrected chi connectivity index (χ4v) is 3.21.